The smallest absolute Gasteiger partial charge is 0.411 e. The predicted molar refractivity (Wildman–Crippen MR) is 59.4 cm³/mol. The van der Waals surface area contributed by atoms with Crippen molar-refractivity contribution >= 4 is 0 Å². The van der Waals surface area contributed by atoms with Crippen molar-refractivity contribution in [3.63, 3.8) is 0 Å². The molecule has 1 aromatic rings. The van der Waals surface area contributed by atoms with Crippen molar-refractivity contribution in [2.24, 2.45) is 0 Å². The van der Waals surface area contributed by atoms with Crippen LogP contribution >= 0.6 is 0 Å². The van der Waals surface area contributed by atoms with Crippen LogP contribution in [-0.2, 0) is 4.74 Å². The molecule has 0 bridgehead atoms. The Hall–Kier alpha value is -1.27. The van der Waals surface area contributed by atoms with Crippen LogP contribution in [0.4, 0.5) is 13.2 Å². The molecular weight excluding hydrogens is 249 g/mol. The van der Waals surface area contributed by atoms with Crippen molar-refractivity contribution in [1.29, 1.82) is 0 Å². The van der Waals surface area contributed by atoms with Crippen molar-refractivity contribution < 1.29 is 27.8 Å². The lowest BCUT2D eigenvalue weighted by molar-refractivity contribution is -0.175. The van der Waals surface area contributed by atoms with Crippen LogP contribution in [-0.4, -0.2) is 31.1 Å². The fourth-order valence-corrected chi connectivity index (χ4v) is 1.27. The summed E-state index contributed by atoms with van der Waals surface area (Å²) in [5, 5.41) is 9.34. The first-order valence-electron chi connectivity index (χ1n) is 5.44. The van der Waals surface area contributed by atoms with Crippen molar-refractivity contribution in [3.8, 4) is 5.75 Å². The lowest BCUT2D eigenvalue weighted by Gasteiger charge is -2.10. The first kappa shape index (κ1) is 14.8. The van der Waals surface area contributed by atoms with Gasteiger partial charge in [-0.05, 0) is 24.6 Å². The van der Waals surface area contributed by atoms with E-state index in [-0.39, 0.29) is 13.2 Å². The summed E-state index contributed by atoms with van der Waals surface area (Å²) in [6, 6.07) is 6.73. The minimum Gasteiger partial charge on any atom is -0.491 e. The maximum absolute atomic E-state index is 11.8. The number of hydrogen-bond donors (Lipinski definition) is 1. The molecule has 1 atom stereocenters. The van der Waals surface area contributed by atoms with E-state index in [1.807, 2.05) is 0 Å². The van der Waals surface area contributed by atoms with E-state index in [0.29, 0.717) is 11.3 Å². The zero-order chi connectivity index (χ0) is 13.6. The Kier molecular flexibility index (Phi) is 5.43. The second kappa shape index (κ2) is 6.61. The molecule has 0 unspecified atom stereocenters. The average Bonchev–Trinajstić information content (AvgIpc) is 2.27. The van der Waals surface area contributed by atoms with Gasteiger partial charge < -0.3 is 14.6 Å². The molecule has 0 aliphatic rings. The zero-order valence-corrected chi connectivity index (χ0v) is 9.91. The normalized spacial score (nSPS) is 13.4. The van der Waals surface area contributed by atoms with Gasteiger partial charge in [-0.1, -0.05) is 12.1 Å². The molecule has 1 aromatic carbocycles. The summed E-state index contributed by atoms with van der Waals surface area (Å²) in [7, 11) is 0. The van der Waals surface area contributed by atoms with Gasteiger partial charge >= 0.3 is 6.18 Å². The van der Waals surface area contributed by atoms with Crippen LogP contribution in [0, 0.1) is 0 Å². The third-order valence-corrected chi connectivity index (χ3v) is 2.10. The number of aliphatic hydroxyl groups excluding tert-OH is 1. The van der Waals surface area contributed by atoms with Gasteiger partial charge in [0.25, 0.3) is 0 Å². The number of halogens is 3. The van der Waals surface area contributed by atoms with E-state index in [9.17, 15) is 18.3 Å². The van der Waals surface area contributed by atoms with E-state index in [2.05, 4.69) is 4.74 Å². The molecule has 0 radical (unpaired) electrons. The molecule has 1 rings (SSSR count). The van der Waals surface area contributed by atoms with Crippen LogP contribution in [0.15, 0.2) is 24.3 Å². The van der Waals surface area contributed by atoms with Gasteiger partial charge in [0.2, 0.25) is 0 Å². The van der Waals surface area contributed by atoms with Crippen molar-refractivity contribution in [3.05, 3.63) is 29.8 Å². The van der Waals surface area contributed by atoms with Gasteiger partial charge in [-0.2, -0.15) is 13.2 Å². The molecule has 0 fully saturated rings. The summed E-state index contributed by atoms with van der Waals surface area (Å²) < 4.78 is 44.9. The highest BCUT2D eigenvalue weighted by molar-refractivity contribution is 5.29. The predicted octanol–water partition coefficient (Wildman–Crippen LogP) is 2.70. The summed E-state index contributed by atoms with van der Waals surface area (Å²) in [6.07, 6.45) is -4.93. The highest BCUT2D eigenvalue weighted by atomic mass is 19.4. The van der Waals surface area contributed by atoms with Crippen LogP contribution in [0.3, 0.4) is 0 Å². The highest BCUT2D eigenvalue weighted by Crippen LogP contribution is 2.19. The minimum absolute atomic E-state index is 0.0271. The Morgan fingerprint density at radius 2 is 2.00 bits per heavy atom. The number of ether oxygens (including phenoxy) is 2. The largest absolute Gasteiger partial charge is 0.491 e. The first-order chi connectivity index (χ1) is 8.38. The number of rotatable bonds is 6. The number of benzene rings is 1. The number of hydrogen-bond acceptors (Lipinski definition) is 3. The topological polar surface area (TPSA) is 38.7 Å². The summed E-state index contributed by atoms with van der Waals surface area (Å²) in [6.45, 7) is 0.230. The summed E-state index contributed by atoms with van der Waals surface area (Å²) in [4.78, 5) is 0. The van der Waals surface area contributed by atoms with Gasteiger partial charge in [-0.3, -0.25) is 0 Å². The molecule has 0 aliphatic carbocycles. The van der Waals surface area contributed by atoms with Crippen molar-refractivity contribution in [2.75, 3.05) is 19.8 Å². The number of aliphatic hydroxyl groups is 1. The molecule has 0 aromatic heterocycles. The van der Waals surface area contributed by atoms with Crippen molar-refractivity contribution in [1.82, 2.24) is 0 Å². The first-order valence-corrected chi connectivity index (χ1v) is 5.44. The number of alkyl halides is 3. The van der Waals surface area contributed by atoms with Crippen LogP contribution in [0.2, 0.25) is 0 Å². The Morgan fingerprint density at radius 3 is 2.61 bits per heavy atom. The Labute approximate surface area is 103 Å². The van der Waals surface area contributed by atoms with E-state index >= 15 is 0 Å². The van der Waals surface area contributed by atoms with Gasteiger partial charge in [-0.25, -0.2) is 0 Å². The molecule has 0 saturated carbocycles. The molecule has 18 heavy (non-hydrogen) atoms. The SMILES string of the molecule is C[C@@H](O)c1cccc(OCCOCC(F)(F)F)c1. The molecule has 0 spiro atoms. The molecule has 0 heterocycles. The summed E-state index contributed by atoms with van der Waals surface area (Å²) >= 11 is 0. The second-order valence-corrected chi connectivity index (χ2v) is 3.76. The van der Waals surface area contributed by atoms with Crippen LogP contribution in [0.5, 0.6) is 5.75 Å². The summed E-state index contributed by atoms with van der Waals surface area (Å²) in [5.74, 6) is 0.490. The highest BCUT2D eigenvalue weighted by Gasteiger charge is 2.27. The zero-order valence-electron chi connectivity index (χ0n) is 9.91. The Morgan fingerprint density at radius 1 is 1.28 bits per heavy atom. The lowest BCUT2D eigenvalue weighted by Crippen LogP contribution is -2.19. The third-order valence-electron chi connectivity index (χ3n) is 2.10. The van der Waals surface area contributed by atoms with Gasteiger partial charge in [-0.15, -0.1) is 0 Å². The van der Waals surface area contributed by atoms with Gasteiger partial charge in [0.1, 0.15) is 19.0 Å². The molecule has 6 heteroatoms. The Bertz CT molecular complexity index is 364. The third kappa shape index (κ3) is 5.88. The standard InChI is InChI=1S/C12H15F3O3/c1-9(16)10-3-2-4-11(7-10)18-6-5-17-8-12(13,14)15/h2-4,7,9,16H,5-6,8H2,1H3/t9-/m1/s1. The van der Waals surface area contributed by atoms with E-state index in [0.717, 1.165) is 0 Å². The van der Waals surface area contributed by atoms with Gasteiger partial charge in [0.05, 0.1) is 12.7 Å². The molecule has 3 nitrogen and oxygen atoms in total. The van der Waals surface area contributed by atoms with Crippen LogP contribution < -0.4 is 4.74 Å². The Balaban J connectivity index is 2.29. The van der Waals surface area contributed by atoms with Crippen LogP contribution in [0.25, 0.3) is 0 Å². The molecular formula is C12H15F3O3. The second-order valence-electron chi connectivity index (χ2n) is 3.76. The quantitative estimate of drug-likeness (QED) is 0.803. The monoisotopic (exact) mass is 264 g/mol. The van der Waals surface area contributed by atoms with Gasteiger partial charge in [0.15, 0.2) is 0 Å². The van der Waals surface area contributed by atoms with Crippen molar-refractivity contribution in [2.45, 2.75) is 19.2 Å². The summed E-state index contributed by atoms with van der Waals surface area (Å²) in [5.41, 5.74) is 0.684. The maximum atomic E-state index is 11.8. The van der Waals surface area contributed by atoms with Crippen LogP contribution in [0.1, 0.15) is 18.6 Å². The van der Waals surface area contributed by atoms with E-state index in [1.54, 1.807) is 31.2 Å². The maximum Gasteiger partial charge on any atom is 0.411 e. The molecule has 0 amide bonds. The van der Waals surface area contributed by atoms with Gasteiger partial charge in [0, 0.05) is 0 Å². The van der Waals surface area contributed by atoms with E-state index < -0.39 is 18.9 Å². The van der Waals surface area contributed by atoms with E-state index in [4.69, 9.17) is 4.74 Å². The molecule has 1 N–H and O–H groups in total. The molecule has 0 saturated heterocycles. The molecule has 0 aliphatic heterocycles. The fourth-order valence-electron chi connectivity index (χ4n) is 1.27. The molecule has 102 valence electrons. The lowest BCUT2D eigenvalue weighted by atomic mass is 10.1. The van der Waals surface area contributed by atoms with E-state index in [1.165, 1.54) is 0 Å². The average molecular weight is 264 g/mol. The minimum atomic E-state index is -4.31. The fraction of sp³-hybridized carbons (Fsp3) is 0.500.